The summed E-state index contributed by atoms with van der Waals surface area (Å²) in [4.78, 5) is -0.0374. The highest BCUT2D eigenvalue weighted by molar-refractivity contribution is 7.89. The van der Waals surface area contributed by atoms with E-state index in [9.17, 15) is 12.8 Å². The zero-order valence-corrected chi connectivity index (χ0v) is 13.1. The first-order valence-corrected chi connectivity index (χ1v) is 8.47. The average molecular weight is 316 g/mol. The van der Waals surface area contributed by atoms with Crippen LogP contribution in [0.4, 0.5) is 4.39 Å². The zero-order valence-electron chi connectivity index (χ0n) is 12.3. The molecule has 0 bridgehead atoms. The third-order valence-corrected chi connectivity index (χ3v) is 5.34. The maximum Gasteiger partial charge on any atom is 0.240 e. The first-order chi connectivity index (χ1) is 9.95. The molecule has 7 heteroatoms. The van der Waals surface area contributed by atoms with Crippen LogP contribution in [-0.2, 0) is 10.0 Å². The zero-order chi connectivity index (χ0) is 15.5. The van der Waals surface area contributed by atoms with Crippen molar-refractivity contribution >= 4 is 10.0 Å². The van der Waals surface area contributed by atoms with Gasteiger partial charge in [0.15, 0.2) is 11.6 Å². The van der Waals surface area contributed by atoms with Gasteiger partial charge in [0.05, 0.1) is 12.0 Å². The van der Waals surface area contributed by atoms with Crippen LogP contribution < -0.4 is 14.8 Å². The first kappa shape index (κ1) is 16.2. The van der Waals surface area contributed by atoms with Gasteiger partial charge in [-0.1, -0.05) is 0 Å². The van der Waals surface area contributed by atoms with Crippen LogP contribution >= 0.6 is 0 Å². The second-order valence-electron chi connectivity index (χ2n) is 5.27. The van der Waals surface area contributed by atoms with E-state index in [1.807, 2.05) is 0 Å². The minimum absolute atomic E-state index is 0.0374. The normalized spacial score (nSPS) is 19.5. The summed E-state index contributed by atoms with van der Waals surface area (Å²) < 4.78 is 46.0. The van der Waals surface area contributed by atoms with E-state index >= 15 is 0 Å². The summed E-state index contributed by atoms with van der Waals surface area (Å²) in [5.41, 5.74) is 0.0728. The summed E-state index contributed by atoms with van der Waals surface area (Å²) in [6, 6.07) is 2.71. The van der Waals surface area contributed by atoms with Gasteiger partial charge >= 0.3 is 0 Å². The van der Waals surface area contributed by atoms with E-state index in [1.165, 1.54) is 26.2 Å². The molecule has 1 aliphatic rings. The van der Waals surface area contributed by atoms with Crippen LogP contribution in [0.25, 0.3) is 0 Å². The number of methoxy groups -OCH3 is 1. The maximum atomic E-state index is 14.0. The monoisotopic (exact) mass is 316 g/mol. The van der Waals surface area contributed by atoms with Gasteiger partial charge in [0.1, 0.15) is 0 Å². The smallest absolute Gasteiger partial charge is 0.240 e. The van der Waals surface area contributed by atoms with E-state index < -0.39 is 15.8 Å². The fraction of sp³-hybridized carbons (Fsp3) is 0.571. The van der Waals surface area contributed by atoms with Crippen molar-refractivity contribution in [2.45, 2.75) is 24.7 Å². The molecule has 1 atom stereocenters. The van der Waals surface area contributed by atoms with Gasteiger partial charge in [0.25, 0.3) is 0 Å². The Bertz CT molecular complexity index is 598. The number of hydrogen-bond acceptors (Lipinski definition) is 4. The second kappa shape index (κ2) is 6.72. The molecule has 0 aliphatic carbocycles. The van der Waals surface area contributed by atoms with Crippen molar-refractivity contribution in [3.8, 4) is 5.75 Å². The number of ether oxygens (including phenoxy) is 1. The fourth-order valence-corrected chi connectivity index (χ4v) is 3.85. The summed E-state index contributed by atoms with van der Waals surface area (Å²) in [6.07, 6.45) is 2.04. The number of hydrogen-bond donors (Lipinski definition) is 2. The molecule has 1 fully saturated rings. The molecule has 1 heterocycles. The number of piperidine rings is 1. The largest absolute Gasteiger partial charge is 0.494 e. The lowest BCUT2D eigenvalue weighted by Gasteiger charge is -2.23. The Morgan fingerprint density at radius 3 is 2.86 bits per heavy atom. The molecule has 1 aliphatic heterocycles. The topological polar surface area (TPSA) is 67.4 Å². The lowest BCUT2D eigenvalue weighted by molar-refractivity contribution is 0.375. The molecule has 0 saturated carbocycles. The standard InChI is InChI=1S/C14H21FN2O3S/c1-10-13(6-5-12(20-2)14(10)15)21(18,19)17-9-11-4-3-7-16-8-11/h5-6,11,16-17H,3-4,7-9H2,1-2H3. The van der Waals surface area contributed by atoms with Gasteiger partial charge in [0.2, 0.25) is 10.0 Å². The van der Waals surface area contributed by atoms with Crippen molar-refractivity contribution in [2.24, 2.45) is 5.92 Å². The molecule has 1 unspecified atom stereocenters. The van der Waals surface area contributed by atoms with Crippen molar-refractivity contribution in [1.29, 1.82) is 0 Å². The van der Waals surface area contributed by atoms with Crippen LogP contribution in [0.2, 0.25) is 0 Å². The molecule has 0 spiro atoms. The Morgan fingerprint density at radius 1 is 1.48 bits per heavy atom. The molecule has 0 radical (unpaired) electrons. The van der Waals surface area contributed by atoms with E-state index in [0.717, 1.165) is 25.9 Å². The lowest BCUT2D eigenvalue weighted by atomic mass is 10.0. The molecular formula is C14H21FN2O3S. The SMILES string of the molecule is COc1ccc(S(=O)(=O)NCC2CCCNC2)c(C)c1F. The second-order valence-corrected chi connectivity index (χ2v) is 7.00. The predicted molar refractivity (Wildman–Crippen MR) is 78.5 cm³/mol. The summed E-state index contributed by atoms with van der Waals surface area (Å²) >= 11 is 0. The minimum atomic E-state index is -3.71. The third kappa shape index (κ3) is 3.72. The molecule has 2 rings (SSSR count). The van der Waals surface area contributed by atoms with Gasteiger partial charge in [-0.25, -0.2) is 17.5 Å². The number of benzene rings is 1. The number of nitrogens with one attached hydrogen (secondary N) is 2. The highest BCUT2D eigenvalue weighted by Crippen LogP contribution is 2.26. The highest BCUT2D eigenvalue weighted by Gasteiger charge is 2.23. The number of sulfonamides is 1. The van der Waals surface area contributed by atoms with Gasteiger partial charge < -0.3 is 10.1 Å². The van der Waals surface area contributed by atoms with Crippen molar-refractivity contribution in [3.05, 3.63) is 23.5 Å². The van der Waals surface area contributed by atoms with E-state index in [1.54, 1.807) is 0 Å². The molecule has 0 amide bonds. The molecule has 1 saturated heterocycles. The van der Waals surface area contributed by atoms with Crippen LogP contribution in [0.3, 0.4) is 0 Å². The number of halogens is 1. The Morgan fingerprint density at radius 2 is 2.24 bits per heavy atom. The molecule has 1 aromatic rings. The van der Waals surface area contributed by atoms with Crippen molar-refractivity contribution in [3.63, 3.8) is 0 Å². The molecule has 118 valence electrons. The van der Waals surface area contributed by atoms with E-state index in [2.05, 4.69) is 10.0 Å². The Hall–Kier alpha value is -1.18. The fourth-order valence-electron chi connectivity index (χ4n) is 2.49. The quantitative estimate of drug-likeness (QED) is 0.862. The molecule has 0 aromatic heterocycles. The van der Waals surface area contributed by atoms with Crippen LogP contribution in [0.15, 0.2) is 17.0 Å². The van der Waals surface area contributed by atoms with Crippen LogP contribution in [0.5, 0.6) is 5.75 Å². The molecule has 2 N–H and O–H groups in total. The maximum absolute atomic E-state index is 14.0. The Balaban J connectivity index is 2.13. The average Bonchev–Trinajstić information content (AvgIpc) is 2.49. The third-order valence-electron chi connectivity index (χ3n) is 3.77. The molecule has 21 heavy (non-hydrogen) atoms. The van der Waals surface area contributed by atoms with Gasteiger partial charge in [-0.2, -0.15) is 0 Å². The predicted octanol–water partition coefficient (Wildman–Crippen LogP) is 1.42. The van der Waals surface area contributed by atoms with Gasteiger partial charge in [-0.15, -0.1) is 0 Å². The summed E-state index contributed by atoms with van der Waals surface area (Å²) in [6.45, 7) is 3.58. The Kier molecular flexibility index (Phi) is 5.18. The summed E-state index contributed by atoms with van der Waals surface area (Å²) in [7, 11) is -2.36. The van der Waals surface area contributed by atoms with Gasteiger partial charge in [-0.3, -0.25) is 0 Å². The van der Waals surface area contributed by atoms with Gasteiger partial charge in [0, 0.05) is 12.1 Å². The Labute approximate surface area is 124 Å². The van der Waals surface area contributed by atoms with E-state index in [4.69, 9.17) is 4.74 Å². The van der Waals surface area contributed by atoms with Crippen molar-refractivity contribution in [1.82, 2.24) is 10.0 Å². The highest BCUT2D eigenvalue weighted by atomic mass is 32.2. The minimum Gasteiger partial charge on any atom is -0.494 e. The summed E-state index contributed by atoms with van der Waals surface area (Å²) in [5, 5.41) is 3.24. The van der Waals surface area contributed by atoms with E-state index in [-0.39, 0.29) is 22.1 Å². The van der Waals surface area contributed by atoms with E-state index in [0.29, 0.717) is 6.54 Å². The van der Waals surface area contributed by atoms with Gasteiger partial charge in [-0.05, 0) is 50.9 Å². The lowest BCUT2D eigenvalue weighted by Crippen LogP contribution is -2.38. The van der Waals surface area contributed by atoms with Crippen LogP contribution in [0.1, 0.15) is 18.4 Å². The van der Waals surface area contributed by atoms with Crippen LogP contribution in [0, 0.1) is 18.7 Å². The summed E-state index contributed by atoms with van der Waals surface area (Å²) in [5.74, 6) is -0.320. The molecular weight excluding hydrogens is 295 g/mol. The van der Waals surface area contributed by atoms with Crippen molar-refractivity contribution < 1.29 is 17.5 Å². The van der Waals surface area contributed by atoms with Crippen LogP contribution in [-0.4, -0.2) is 35.2 Å². The van der Waals surface area contributed by atoms with Crippen molar-refractivity contribution in [2.75, 3.05) is 26.7 Å². The molecule has 1 aromatic carbocycles. The first-order valence-electron chi connectivity index (χ1n) is 6.99. The molecule has 5 nitrogen and oxygen atoms in total. The number of rotatable bonds is 5.